The van der Waals surface area contributed by atoms with E-state index in [-0.39, 0.29) is 5.91 Å². The van der Waals surface area contributed by atoms with Crippen LogP contribution in [0.25, 0.3) is 10.9 Å². The van der Waals surface area contributed by atoms with Crippen LogP contribution in [0.1, 0.15) is 44.1 Å². The van der Waals surface area contributed by atoms with Gasteiger partial charge in [-0.15, -0.1) is 0 Å². The lowest BCUT2D eigenvalue weighted by Gasteiger charge is -2.62. The van der Waals surface area contributed by atoms with Crippen molar-refractivity contribution < 1.29 is 4.79 Å². The molecular weight excluding hydrogens is 352 g/mol. The van der Waals surface area contributed by atoms with Gasteiger partial charge in [0, 0.05) is 21.4 Å². The van der Waals surface area contributed by atoms with Crippen LogP contribution in [0.4, 0.5) is 0 Å². The van der Waals surface area contributed by atoms with Gasteiger partial charge in [-0.25, -0.2) is 0 Å². The second-order valence-electron chi connectivity index (χ2n) is 7.95. The van der Waals surface area contributed by atoms with Gasteiger partial charge in [0.15, 0.2) is 0 Å². The van der Waals surface area contributed by atoms with E-state index in [2.05, 4.69) is 47.0 Å². The molecule has 4 heteroatoms. The third kappa shape index (κ3) is 2.34. The van der Waals surface area contributed by atoms with Gasteiger partial charge < -0.3 is 10.3 Å². The summed E-state index contributed by atoms with van der Waals surface area (Å²) in [5.41, 5.74) is 2.10. The van der Waals surface area contributed by atoms with Gasteiger partial charge in [0.25, 0.3) is 5.91 Å². The van der Waals surface area contributed by atoms with Crippen molar-refractivity contribution in [1.82, 2.24) is 10.3 Å². The highest BCUT2D eigenvalue weighted by Crippen LogP contribution is 2.61. The van der Waals surface area contributed by atoms with Gasteiger partial charge in [0.05, 0.1) is 0 Å². The quantitative estimate of drug-likeness (QED) is 0.783. The molecule has 0 aliphatic heterocycles. The summed E-state index contributed by atoms with van der Waals surface area (Å²) < 4.78 is 1.02. The molecule has 4 atom stereocenters. The summed E-state index contributed by atoms with van der Waals surface area (Å²) in [5, 5.41) is 4.35. The number of nitrogens with one attached hydrogen (secondary N) is 2. The van der Waals surface area contributed by atoms with Gasteiger partial charge in [-0.2, -0.15) is 0 Å². The average Bonchev–Trinajstić information content (AvgIpc) is 2.91. The maximum atomic E-state index is 12.6. The van der Waals surface area contributed by atoms with Crippen LogP contribution < -0.4 is 5.32 Å². The number of hydrogen-bond donors (Lipinski definition) is 2. The minimum absolute atomic E-state index is 0.0216. The fraction of sp³-hybridized carbons (Fsp3) is 0.526. The Labute approximate surface area is 145 Å². The Morgan fingerprint density at radius 1 is 1.30 bits per heavy atom. The van der Waals surface area contributed by atoms with Crippen molar-refractivity contribution in [2.75, 3.05) is 0 Å². The highest BCUT2D eigenvalue weighted by atomic mass is 79.9. The molecule has 3 nitrogen and oxygen atoms in total. The molecule has 3 fully saturated rings. The predicted octanol–water partition coefficient (Wildman–Crippen LogP) is 4.73. The average molecular weight is 375 g/mol. The van der Waals surface area contributed by atoms with Crippen molar-refractivity contribution >= 4 is 32.7 Å². The fourth-order valence-corrected chi connectivity index (χ4v) is 5.17. The lowest BCUT2D eigenvalue weighted by Crippen LogP contribution is -2.60. The molecule has 2 aromatic rings. The number of H-pyrrole nitrogens is 1. The maximum absolute atomic E-state index is 12.6. The van der Waals surface area contributed by atoms with E-state index in [1.807, 2.05) is 24.3 Å². The monoisotopic (exact) mass is 374 g/mol. The standard InChI is InChI=1S/C19H23BrN2O/c1-10-14-7-12(19(14,2)3)8-15(10)22-18(23)17-6-11-4-5-13(20)9-16(11)21-17/h4-6,9-10,12,14-15,21H,7-8H2,1-3H3,(H,22,23)/t10-,12+,14-,15?/m0/s1. The van der Waals surface area contributed by atoms with Crippen molar-refractivity contribution in [2.24, 2.45) is 23.2 Å². The number of amides is 1. The molecule has 0 radical (unpaired) electrons. The summed E-state index contributed by atoms with van der Waals surface area (Å²) in [6.07, 6.45) is 2.45. The highest BCUT2D eigenvalue weighted by Gasteiger charge is 2.56. The number of benzene rings is 1. The van der Waals surface area contributed by atoms with E-state index in [0.717, 1.165) is 33.6 Å². The van der Waals surface area contributed by atoms with Gasteiger partial charge in [-0.3, -0.25) is 4.79 Å². The molecule has 1 aromatic carbocycles. The van der Waals surface area contributed by atoms with Gasteiger partial charge in [-0.05, 0) is 54.2 Å². The van der Waals surface area contributed by atoms with Gasteiger partial charge in [0.2, 0.25) is 0 Å². The summed E-state index contributed by atoms with van der Waals surface area (Å²) in [5.74, 6) is 2.07. The smallest absolute Gasteiger partial charge is 0.267 e. The lowest BCUT2D eigenvalue weighted by molar-refractivity contribution is -0.113. The number of carbonyl (C=O) groups excluding carboxylic acids is 1. The normalized spacial score (nSPS) is 31.7. The molecule has 3 aliphatic carbocycles. The van der Waals surface area contributed by atoms with Crippen molar-refractivity contribution in [1.29, 1.82) is 0 Å². The van der Waals surface area contributed by atoms with Crippen LogP contribution in [0.3, 0.4) is 0 Å². The minimum atomic E-state index is 0.0216. The molecule has 5 rings (SSSR count). The second kappa shape index (κ2) is 5.10. The third-order valence-electron chi connectivity index (χ3n) is 6.50. The molecule has 0 spiro atoms. The van der Waals surface area contributed by atoms with Crippen LogP contribution in [0.2, 0.25) is 0 Å². The van der Waals surface area contributed by atoms with Crippen LogP contribution in [0.15, 0.2) is 28.7 Å². The van der Waals surface area contributed by atoms with E-state index < -0.39 is 0 Å². The highest BCUT2D eigenvalue weighted by molar-refractivity contribution is 9.10. The molecule has 23 heavy (non-hydrogen) atoms. The lowest BCUT2D eigenvalue weighted by atomic mass is 9.45. The van der Waals surface area contributed by atoms with Gasteiger partial charge in [0.1, 0.15) is 5.69 Å². The molecule has 1 heterocycles. The number of halogens is 1. The van der Waals surface area contributed by atoms with E-state index >= 15 is 0 Å². The van der Waals surface area contributed by atoms with Crippen LogP contribution in [0, 0.1) is 23.2 Å². The molecule has 2 bridgehead atoms. The number of aromatic amines is 1. The van der Waals surface area contributed by atoms with Crippen molar-refractivity contribution in [3.63, 3.8) is 0 Å². The van der Waals surface area contributed by atoms with Crippen molar-refractivity contribution in [3.8, 4) is 0 Å². The predicted molar refractivity (Wildman–Crippen MR) is 96.4 cm³/mol. The van der Waals surface area contributed by atoms with E-state index in [1.165, 1.54) is 6.42 Å². The number of fused-ring (bicyclic) bond motifs is 3. The fourth-order valence-electron chi connectivity index (χ4n) is 4.81. The molecule has 122 valence electrons. The summed E-state index contributed by atoms with van der Waals surface area (Å²) in [6.45, 7) is 7.07. The zero-order valence-electron chi connectivity index (χ0n) is 13.8. The summed E-state index contributed by atoms with van der Waals surface area (Å²) in [7, 11) is 0. The minimum Gasteiger partial charge on any atom is -0.350 e. The van der Waals surface area contributed by atoms with Gasteiger partial charge >= 0.3 is 0 Å². The third-order valence-corrected chi connectivity index (χ3v) is 6.99. The number of rotatable bonds is 2. The first-order valence-corrected chi connectivity index (χ1v) is 9.24. The van der Waals surface area contributed by atoms with Crippen molar-refractivity contribution in [2.45, 2.75) is 39.7 Å². The van der Waals surface area contributed by atoms with E-state index in [9.17, 15) is 4.79 Å². The Bertz CT molecular complexity index is 779. The zero-order valence-corrected chi connectivity index (χ0v) is 15.4. The van der Waals surface area contributed by atoms with Crippen LogP contribution in [-0.2, 0) is 0 Å². The zero-order chi connectivity index (χ0) is 16.4. The maximum Gasteiger partial charge on any atom is 0.267 e. The number of hydrogen-bond acceptors (Lipinski definition) is 1. The Morgan fingerprint density at radius 2 is 2.09 bits per heavy atom. The molecule has 1 amide bonds. The molecule has 0 saturated heterocycles. The summed E-state index contributed by atoms with van der Waals surface area (Å²) >= 11 is 3.47. The number of carbonyl (C=O) groups is 1. The molecule has 3 saturated carbocycles. The molecule has 1 unspecified atom stereocenters. The second-order valence-corrected chi connectivity index (χ2v) is 8.87. The first kappa shape index (κ1) is 15.3. The van der Waals surface area contributed by atoms with Crippen LogP contribution in [-0.4, -0.2) is 16.9 Å². The van der Waals surface area contributed by atoms with Crippen LogP contribution >= 0.6 is 15.9 Å². The summed E-state index contributed by atoms with van der Waals surface area (Å²) in [4.78, 5) is 15.9. The molecular formula is C19H23BrN2O. The Balaban J connectivity index is 1.51. The Morgan fingerprint density at radius 3 is 2.78 bits per heavy atom. The topological polar surface area (TPSA) is 44.9 Å². The van der Waals surface area contributed by atoms with Gasteiger partial charge in [-0.1, -0.05) is 42.8 Å². The molecule has 1 aromatic heterocycles. The Hall–Kier alpha value is -1.29. The number of aromatic nitrogens is 1. The van der Waals surface area contributed by atoms with E-state index in [0.29, 0.717) is 23.1 Å². The van der Waals surface area contributed by atoms with E-state index in [1.54, 1.807) is 0 Å². The molecule has 3 aliphatic rings. The first-order valence-electron chi connectivity index (χ1n) is 8.45. The van der Waals surface area contributed by atoms with E-state index in [4.69, 9.17) is 0 Å². The largest absolute Gasteiger partial charge is 0.350 e. The Kier molecular flexibility index (Phi) is 3.38. The molecule has 2 N–H and O–H groups in total. The summed E-state index contributed by atoms with van der Waals surface area (Å²) in [6, 6.07) is 8.27. The first-order chi connectivity index (χ1) is 10.9. The van der Waals surface area contributed by atoms with Crippen molar-refractivity contribution in [3.05, 3.63) is 34.4 Å². The van der Waals surface area contributed by atoms with Crippen LogP contribution in [0.5, 0.6) is 0 Å². The SMILES string of the molecule is C[C@@H]1C(NC(=O)c2cc3ccc(Br)cc3[nH]2)C[C@H]2C[C@@H]1C2(C)C.